The molecule has 0 saturated carbocycles. The van der Waals surface area contributed by atoms with Crippen molar-refractivity contribution in [1.29, 1.82) is 0 Å². The number of allylic oxidation sites excluding steroid dienone is 4. The number of benzene rings is 3. The molecule has 0 N–H and O–H groups in total. The zero-order valence-electron chi connectivity index (χ0n) is 22.6. The van der Waals surface area contributed by atoms with Crippen molar-refractivity contribution in [3.05, 3.63) is 120 Å². The monoisotopic (exact) mass is 538 g/mol. The second kappa shape index (κ2) is 11.5. The van der Waals surface area contributed by atoms with E-state index in [1.807, 2.05) is 60.7 Å². The van der Waals surface area contributed by atoms with Crippen LogP contribution in [0.1, 0.15) is 34.6 Å². The summed E-state index contributed by atoms with van der Waals surface area (Å²) in [6.07, 6.45) is 4.23. The first kappa shape index (κ1) is 26.8. The third-order valence-electron chi connectivity index (χ3n) is 7.21. The van der Waals surface area contributed by atoms with Gasteiger partial charge in [-0.1, -0.05) is 42.5 Å². The summed E-state index contributed by atoms with van der Waals surface area (Å²) >= 11 is 0. The van der Waals surface area contributed by atoms with Crippen LogP contribution in [0.3, 0.4) is 0 Å². The van der Waals surface area contributed by atoms with Crippen molar-refractivity contribution >= 4 is 11.6 Å². The van der Waals surface area contributed by atoms with Gasteiger partial charge < -0.3 is 23.7 Å². The fourth-order valence-corrected chi connectivity index (χ4v) is 5.13. The van der Waals surface area contributed by atoms with Crippen LogP contribution < -0.4 is 18.9 Å². The number of rotatable bonds is 6. The van der Waals surface area contributed by atoms with Gasteiger partial charge in [0.2, 0.25) is 5.78 Å². The maximum Gasteiger partial charge on any atom is 0.220 e. The molecule has 0 amide bonds. The first-order valence-corrected chi connectivity index (χ1v) is 12.9. The molecule has 3 aliphatic rings. The van der Waals surface area contributed by atoms with Gasteiger partial charge in [0.25, 0.3) is 0 Å². The quantitative estimate of drug-likeness (QED) is 0.287. The lowest BCUT2D eigenvalue weighted by Crippen LogP contribution is -2.23. The van der Waals surface area contributed by atoms with Gasteiger partial charge in [0.1, 0.15) is 29.1 Å². The predicted molar refractivity (Wildman–Crippen MR) is 150 cm³/mol. The maximum atomic E-state index is 12.1. The molecule has 6 rings (SSSR count). The van der Waals surface area contributed by atoms with Crippen LogP contribution in [-0.2, 0) is 14.3 Å². The van der Waals surface area contributed by atoms with Gasteiger partial charge in [0.05, 0.1) is 33.9 Å². The molecule has 0 saturated heterocycles. The van der Waals surface area contributed by atoms with E-state index in [4.69, 9.17) is 23.7 Å². The maximum absolute atomic E-state index is 12.1. The topological polar surface area (TPSA) is 80.3 Å². The number of hydrogen-bond donors (Lipinski definition) is 0. The Morgan fingerprint density at radius 3 is 2.15 bits per heavy atom. The number of hydrogen-bond acceptors (Lipinski definition) is 7. The minimum absolute atomic E-state index is 0.00163. The molecule has 0 radical (unpaired) electrons. The van der Waals surface area contributed by atoms with Crippen LogP contribution in [0.15, 0.2) is 103 Å². The number of carbonyl (C=O) groups excluding carboxylic acids is 2. The number of ether oxygens (including phenoxy) is 5. The predicted octanol–water partition coefficient (Wildman–Crippen LogP) is 5.88. The Balaban J connectivity index is 0.000000162. The number of fused-ring (bicyclic) bond motifs is 5. The van der Waals surface area contributed by atoms with Gasteiger partial charge in [-0.05, 0) is 29.8 Å². The molecule has 2 heterocycles. The van der Waals surface area contributed by atoms with Gasteiger partial charge in [0, 0.05) is 40.8 Å². The molecule has 3 aromatic rings. The molecule has 3 atom stereocenters. The van der Waals surface area contributed by atoms with Crippen molar-refractivity contribution in [2.75, 3.05) is 27.9 Å². The lowest BCUT2D eigenvalue weighted by molar-refractivity contribution is -0.117. The number of ketones is 2. The Kier molecular flexibility index (Phi) is 7.73. The van der Waals surface area contributed by atoms with Crippen LogP contribution in [0.4, 0.5) is 0 Å². The van der Waals surface area contributed by atoms with Crippen LogP contribution in [0.25, 0.3) is 0 Å². The zero-order chi connectivity index (χ0) is 28.2. The molecule has 40 heavy (non-hydrogen) atoms. The summed E-state index contributed by atoms with van der Waals surface area (Å²) in [5.74, 6) is 2.84. The molecule has 1 aliphatic carbocycles. The Morgan fingerprint density at radius 1 is 0.825 bits per heavy atom. The third kappa shape index (κ3) is 5.10. The van der Waals surface area contributed by atoms with Crippen LogP contribution in [0, 0.1) is 0 Å². The highest BCUT2D eigenvalue weighted by Gasteiger charge is 2.41. The van der Waals surface area contributed by atoms with Gasteiger partial charge in [-0.15, -0.1) is 6.58 Å². The van der Waals surface area contributed by atoms with Gasteiger partial charge in [0.15, 0.2) is 11.5 Å². The lowest BCUT2D eigenvalue weighted by atomic mass is 9.85. The standard InChI is InChI=1S/C17H16O4.C16H14O3/c1-18-10-4-6-13-15(7-10)20-9-14-12-5-3-11(19-2)8-16(12)21-17(13)14;1-3-12(11-7-5-4-6-8-11)13-9-15(18)16(19-2)10-14(13)17/h3-8,14,17H,9H2,1-2H3;3-10,12H,1H2,2H3. The van der Waals surface area contributed by atoms with Gasteiger partial charge in [-0.25, -0.2) is 0 Å². The normalized spacial score (nSPS) is 19.1. The molecular weight excluding hydrogens is 508 g/mol. The second-order valence-corrected chi connectivity index (χ2v) is 9.43. The van der Waals surface area contributed by atoms with Gasteiger partial charge in [-0.2, -0.15) is 0 Å². The van der Waals surface area contributed by atoms with Crippen molar-refractivity contribution in [2.45, 2.75) is 17.9 Å². The Bertz CT molecular complexity index is 1500. The molecule has 0 bridgehead atoms. The Hall–Kier alpha value is -4.78. The summed E-state index contributed by atoms with van der Waals surface area (Å²) in [6, 6.07) is 21.3. The van der Waals surface area contributed by atoms with Crippen LogP contribution in [-0.4, -0.2) is 39.5 Å². The van der Waals surface area contributed by atoms with Crippen molar-refractivity contribution in [1.82, 2.24) is 0 Å². The molecule has 7 heteroatoms. The van der Waals surface area contributed by atoms with Crippen molar-refractivity contribution in [3.8, 4) is 23.0 Å². The van der Waals surface area contributed by atoms with E-state index in [2.05, 4.69) is 12.6 Å². The van der Waals surface area contributed by atoms with E-state index < -0.39 is 0 Å². The molecule has 0 aromatic heterocycles. The zero-order valence-corrected chi connectivity index (χ0v) is 22.6. The number of methoxy groups -OCH3 is 3. The van der Waals surface area contributed by atoms with Crippen molar-refractivity contribution in [2.24, 2.45) is 0 Å². The molecule has 2 aliphatic heterocycles. The average molecular weight is 539 g/mol. The fourth-order valence-electron chi connectivity index (χ4n) is 5.13. The Labute approximate surface area is 233 Å². The van der Waals surface area contributed by atoms with Gasteiger partial charge >= 0.3 is 0 Å². The highest BCUT2D eigenvalue weighted by atomic mass is 16.5. The molecule has 3 unspecified atom stereocenters. The van der Waals surface area contributed by atoms with E-state index in [0.29, 0.717) is 12.2 Å². The average Bonchev–Trinajstić information content (AvgIpc) is 3.37. The summed E-state index contributed by atoms with van der Waals surface area (Å²) in [6.45, 7) is 4.37. The second-order valence-electron chi connectivity index (χ2n) is 9.43. The van der Waals surface area contributed by atoms with E-state index in [-0.39, 0.29) is 35.3 Å². The summed E-state index contributed by atoms with van der Waals surface area (Å²) in [4.78, 5) is 23.8. The molecule has 0 fully saturated rings. The van der Waals surface area contributed by atoms with E-state index in [9.17, 15) is 9.59 Å². The fraction of sp³-hybridized carbons (Fsp3) is 0.212. The van der Waals surface area contributed by atoms with Gasteiger partial charge in [-0.3, -0.25) is 9.59 Å². The SMILES string of the molecule is C=CC(C1=CC(=O)C(OC)=CC1=O)c1ccccc1.COc1ccc2c(c1)OC1c3ccc(OC)cc3OCC21. The van der Waals surface area contributed by atoms with E-state index in [1.54, 1.807) is 20.3 Å². The highest BCUT2D eigenvalue weighted by Crippen LogP contribution is 2.52. The van der Waals surface area contributed by atoms with Crippen LogP contribution in [0.5, 0.6) is 23.0 Å². The lowest BCUT2D eigenvalue weighted by Gasteiger charge is -2.28. The minimum atomic E-state index is -0.292. The van der Waals surface area contributed by atoms with Crippen LogP contribution in [0.2, 0.25) is 0 Å². The molecule has 3 aromatic carbocycles. The van der Waals surface area contributed by atoms with Crippen molar-refractivity contribution in [3.63, 3.8) is 0 Å². The molecular formula is C33H30O7. The van der Waals surface area contributed by atoms with E-state index >= 15 is 0 Å². The highest BCUT2D eigenvalue weighted by molar-refractivity contribution is 6.19. The van der Waals surface area contributed by atoms with Crippen molar-refractivity contribution < 1.29 is 33.3 Å². The number of carbonyl (C=O) groups is 2. The summed E-state index contributed by atoms with van der Waals surface area (Å²) in [5, 5.41) is 0. The largest absolute Gasteiger partial charge is 0.497 e. The van der Waals surface area contributed by atoms with E-state index in [0.717, 1.165) is 34.1 Å². The minimum Gasteiger partial charge on any atom is -0.497 e. The Morgan fingerprint density at radius 2 is 1.50 bits per heavy atom. The third-order valence-corrected chi connectivity index (χ3v) is 7.21. The van der Waals surface area contributed by atoms with E-state index in [1.165, 1.54) is 24.8 Å². The molecule has 7 nitrogen and oxygen atoms in total. The van der Waals surface area contributed by atoms with Crippen LogP contribution >= 0.6 is 0 Å². The first-order chi connectivity index (χ1) is 19.5. The molecule has 204 valence electrons. The summed E-state index contributed by atoms with van der Waals surface area (Å²) < 4.78 is 27.4. The smallest absolute Gasteiger partial charge is 0.220 e. The first-order valence-electron chi connectivity index (χ1n) is 12.9. The molecule has 0 spiro atoms. The summed E-state index contributed by atoms with van der Waals surface area (Å²) in [5.41, 5.74) is 3.61. The summed E-state index contributed by atoms with van der Waals surface area (Å²) in [7, 11) is 4.69.